The van der Waals surface area contributed by atoms with Crippen LogP contribution >= 0.6 is 0 Å². The molecule has 0 aliphatic carbocycles. The Balaban J connectivity index is 2.17. The molecule has 4 nitrogen and oxygen atoms in total. The van der Waals surface area contributed by atoms with Gasteiger partial charge < -0.3 is 9.84 Å². The summed E-state index contributed by atoms with van der Waals surface area (Å²) < 4.78 is 5.32. The summed E-state index contributed by atoms with van der Waals surface area (Å²) in [5, 5.41) is 8.92. The second-order valence-electron chi connectivity index (χ2n) is 6.34. The maximum Gasteiger partial charge on any atom is 0.335 e. The van der Waals surface area contributed by atoms with Crippen LogP contribution < -0.4 is 4.74 Å². The summed E-state index contributed by atoms with van der Waals surface area (Å²) in [5.41, 5.74) is 0.863. The quantitative estimate of drug-likeness (QED) is 0.310. The highest BCUT2D eigenvalue weighted by Gasteiger charge is 2.10. The van der Waals surface area contributed by atoms with Gasteiger partial charge in [-0.15, -0.1) is 0 Å². The molecule has 1 aromatic carbocycles. The van der Waals surface area contributed by atoms with E-state index in [4.69, 9.17) is 9.84 Å². The van der Waals surface area contributed by atoms with E-state index in [0.717, 1.165) is 12.8 Å². The molecule has 0 spiro atoms. The third kappa shape index (κ3) is 8.14. The van der Waals surface area contributed by atoms with Crippen LogP contribution in [0.4, 0.5) is 0 Å². The number of ether oxygens (including phenoxy) is 1. The maximum absolute atomic E-state index is 11.9. The van der Waals surface area contributed by atoms with Gasteiger partial charge >= 0.3 is 11.9 Å². The fourth-order valence-electron chi connectivity index (χ4n) is 2.65. The number of hydrogen-bond donors (Lipinski definition) is 1. The molecule has 0 unspecified atom stereocenters. The van der Waals surface area contributed by atoms with Crippen molar-refractivity contribution in [3.8, 4) is 5.75 Å². The average Bonchev–Trinajstić information content (AvgIpc) is 2.55. The Morgan fingerprint density at radius 1 is 0.958 bits per heavy atom. The highest BCUT2D eigenvalue weighted by molar-refractivity contribution is 5.88. The number of aryl methyl sites for hydroxylation is 1. The van der Waals surface area contributed by atoms with Gasteiger partial charge in [-0.3, -0.25) is 4.79 Å². The predicted octanol–water partition coefficient (Wildman–Crippen LogP) is 5.52. The Labute approximate surface area is 145 Å². The molecule has 0 aliphatic rings. The summed E-state index contributed by atoms with van der Waals surface area (Å²) in [6.07, 6.45) is 11.3. The second kappa shape index (κ2) is 11.7. The van der Waals surface area contributed by atoms with Gasteiger partial charge in [0.1, 0.15) is 5.75 Å². The smallest absolute Gasteiger partial charge is 0.335 e. The standard InChI is InChI=1S/C20H30O4/c1-3-4-5-6-7-8-9-10-11-12-19(21)24-18-14-13-17(20(22)23)15-16(18)2/h13-15H,3-12H2,1-2H3,(H,22,23). The van der Waals surface area contributed by atoms with Gasteiger partial charge in [-0.05, 0) is 37.1 Å². The van der Waals surface area contributed by atoms with Gasteiger partial charge in [-0.25, -0.2) is 4.79 Å². The molecular weight excluding hydrogens is 304 g/mol. The fraction of sp³-hybridized carbons (Fsp3) is 0.600. The minimum Gasteiger partial charge on any atom is -0.478 e. The molecule has 4 heteroatoms. The fourth-order valence-corrected chi connectivity index (χ4v) is 2.65. The van der Waals surface area contributed by atoms with E-state index < -0.39 is 5.97 Å². The number of carboxylic acids is 1. The summed E-state index contributed by atoms with van der Waals surface area (Å²) in [4.78, 5) is 22.7. The van der Waals surface area contributed by atoms with Gasteiger partial charge in [0, 0.05) is 6.42 Å². The average molecular weight is 334 g/mol. The molecule has 0 saturated heterocycles. The van der Waals surface area contributed by atoms with Crippen molar-refractivity contribution >= 4 is 11.9 Å². The van der Waals surface area contributed by atoms with E-state index in [0.29, 0.717) is 17.7 Å². The Hall–Kier alpha value is -1.84. The van der Waals surface area contributed by atoms with Crippen LogP contribution in [-0.2, 0) is 4.79 Å². The third-order valence-electron chi connectivity index (χ3n) is 4.13. The molecule has 0 amide bonds. The molecule has 24 heavy (non-hydrogen) atoms. The second-order valence-corrected chi connectivity index (χ2v) is 6.34. The molecule has 0 aliphatic heterocycles. The number of aromatic carboxylic acids is 1. The number of benzene rings is 1. The van der Waals surface area contributed by atoms with Crippen LogP contribution in [0, 0.1) is 6.92 Å². The first-order valence-electron chi connectivity index (χ1n) is 9.09. The lowest BCUT2D eigenvalue weighted by atomic mass is 10.1. The zero-order valence-electron chi connectivity index (χ0n) is 15.0. The topological polar surface area (TPSA) is 63.6 Å². The van der Waals surface area contributed by atoms with E-state index in [1.807, 2.05) is 0 Å². The van der Waals surface area contributed by atoms with Crippen molar-refractivity contribution in [2.75, 3.05) is 0 Å². The molecule has 0 heterocycles. The normalized spacial score (nSPS) is 10.6. The van der Waals surface area contributed by atoms with Gasteiger partial charge in [0.15, 0.2) is 0 Å². The van der Waals surface area contributed by atoms with E-state index in [1.54, 1.807) is 13.0 Å². The van der Waals surface area contributed by atoms with Crippen molar-refractivity contribution in [3.63, 3.8) is 0 Å². The predicted molar refractivity (Wildman–Crippen MR) is 95.6 cm³/mol. The van der Waals surface area contributed by atoms with Crippen LogP contribution in [0.15, 0.2) is 18.2 Å². The highest BCUT2D eigenvalue weighted by Crippen LogP contribution is 2.20. The number of carbonyl (C=O) groups is 2. The maximum atomic E-state index is 11.9. The SMILES string of the molecule is CCCCCCCCCCCC(=O)Oc1ccc(C(=O)O)cc1C. The van der Waals surface area contributed by atoms with Gasteiger partial charge in [0.2, 0.25) is 0 Å². The van der Waals surface area contributed by atoms with Crippen molar-refractivity contribution in [1.82, 2.24) is 0 Å². The molecule has 0 radical (unpaired) electrons. The summed E-state index contributed by atoms with van der Waals surface area (Å²) in [7, 11) is 0. The van der Waals surface area contributed by atoms with Crippen molar-refractivity contribution in [1.29, 1.82) is 0 Å². The van der Waals surface area contributed by atoms with Gasteiger partial charge in [0.25, 0.3) is 0 Å². The van der Waals surface area contributed by atoms with Gasteiger partial charge in [-0.1, -0.05) is 58.3 Å². The van der Waals surface area contributed by atoms with Crippen LogP contribution in [0.3, 0.4) is 0 Å². The first-order valence-corrected chi connectivity index (χ1v) is 9.09. The number of carbonyl (C=O) groups excluding carboxylic acids is 1. The molecule has 1 aromatic rings. The van der Waals surface area contributed by atoms with E-state index in [1.165, 1.54) is 57.1 Å². The molecule has 1 N–H and O–H groups in total. The first kappa shape index (κ1) is 20.2. The Bertz CT molecular complexity index is 522. The largest absolute Gasteiger partial charge is 0.478 e. The summed E-state index contributed by atoms with van der Waals surface area (Å²) in [6, 6.07) is 4.52. The number of hydrogen-bond acceptors (Lipinski definition) is 3. The van der Waals surface area contributed by atoms with Crippen molar-refractivity contribution in [3.05, 3.63) is 29.3 Å². The minimum absolute atomic E-state index is 0.200. The van der Waals surface area contributed by atoms with Crippen molar-refractivity contribution in [2.45, 2.75) is 78.1 Å². The lowest BCUT2D eigenvalue weighted by Crippen LogP contribution is -2.09. The van der Waals surface area contributed by atoms with Gasteiger partial charge in [0.05, 0.1) is 5.56 Å². The lowest BCUT2D eigenvalue weighted by Gasteiger charge is -2.08. The van der Waals surface area contributed by atoms with Crippen LogP contribution in [0.5, 0.6) is 5.75 Å². The van der Waals surface area contributed by atoms with E-state index in [-0.39, 0.29) is 11.5 Å². The minimum atomic E-state index is -0.981. The zero-order valence-corrected chi connectivity index (χ0v) is 15.0. The summed E-state index contributed by atoms with van der Waals surface area (Å²) in [5.74, 6) is -0.782. The molecule has 134 valence electrons. The van der Waals surface area contributed by atoms with Crippen molar-refractivity contribution in [2.24, 2.45) is 0 Å². The molecule has 0 bridgehead atoms. The van der Waals surface area contributed by atoms with Gasteiger partial charge in [-0.2, -0.15) is 0 Å². The first-order chi connectivity index (χ1) is 11.5. The summed E-state index contributed by atoms with van der Waals surface area (Å²) in [6.45, 7) is 3.97. The number of carboxylic acid groups (broad SMARTS) is 1. The monoisotopic (exact) mass is 334 g/mol. The van der Waals surface area contributed by atoms with E-state index in [2.05, 4.69) is 6.92 Å². The molecule has 0 fully saturated rings. The Kier molecular flexibility index (Phi) is 9.81. The summed E-state index contributed by atoms with van der Waals surface area (Å²) >= 11 is 0. The Morgan fingerprint density at radius 3 is 2.08 bits per heavy atom. The van der Waals surface area contributed by atoms with Crippen LogP contribution in [-0.4, -0.2) is 17.0 Å². The number of unbranched alkanes of at least 4 members (excludes halogenated alkanes) is 8. The number of esters is 1. The van der Waals surface area contributed by atoms with Crippen molar-refractivity contribution < 1.29 is 19.4 Å². The molecule has 0 aromatic heterocycles. The Morgan fingerprint density at radius 2 is 1.54 bits per heavy atom. The molecule has 1 rings (SSSR count). The van der Waals surface area contributed by atoms with Crippen LogP contribution in [0.2, 0.25) is 0 Å². The number of rotatable bonds is 12. The third-order valence-corrected chi connectivity index (χ3v) is 4.13. The van der Waals surface area contributed by atoms with E-state index >= 15 is 0 Å². The molecule has 0 saturated carbocycles. The zero-order chi connectivity index (χ0) is 17.8. The highest BCUT2D eigenvalue weighted by atomic mass is 16.5. The van der Waals surface area contributed by atoms with Crippen LogP contribution in [0.1, 0.15) is 87.1 Å². The molecule has 0 atom stereocenters. The molecular formula is C20H30O4. The van der Waals surface area contributed by atoms with Crippen LogP contribution in [0.25, 0.3) is 0 Å². The lowest BCUT2D eigenvalue weighted by molar-refractivity contribution is -0.134. The van der Waals surface area contributed by atoms with E-state index in [9.17, 15) is 9.59 Å².